The largest absolute Gasteiger partial charge is 0.497 e. The normalized spacial score (nSPS) is 11.3. The lowest BCUT2D eigenvalue weighted by atomic mass is 10.2. The Morgan fingerprint density at radius 1 is 0.857 bits per heavy atom. The third-order valence-corrected chi connectivity index (χ3v) is 5.85. The topological polar surface area (TPSA) is 87.0 Å². The van der Waals surface area contributed by atoms with Crippen LogP contribution in [-0.4, -0.2) is 35.5 Å². The van der Waals surface area contributed by atoms with E-state index in [1.807, 2.05) is 24.3 Å². The molecule has 8 heteroatoms. The Morgan fingerprint density at radius 2 is 1.61 bits per heavy atom. The van der Waals surface area contributed by atoms with Crippen LogP contribution in [0.5, 0.6) is 5.75 Å². The van der Waals surface area contributed by atoms with Crippen molar-refractivity contribution >= 4 is 9.84 Å². The summed E-state index contributed by atoms with van der Waals surface area (Å²) in [6.07, 6.45) is 1.65. The molecule has 0 N–H and O–H groups in total. The average molecular weight is 392 g/mol. The van der Waals surface area contributed by atoms with Gasteiger partial charge in [0.25, 0.3) is 0 Å². The standard InChI is InChI=1S/C20H16N4O3S/c1-27-16-9-7-15(8-10-16)24-19(13-14-21-24)18-11-12-20(23-22-18)28(25,26)17-5-3-2-4-6-17/h2-14H,1H3. The minimum Gasteiger partial charge on any atom is -0.497 e. The van der Waals surface area contributed by atoms with E-state index in [4.69, 9.17) is 4.74 Å². The van der Waals surface area contributed by atoms with Crippen molar-refractivity contribution in [1.29, 1.82) is 0 Å². The first-order chi connectivity index (χ1) is 13.6. The highest BCUT2D eigenvalue weighted by molar-refractivity contribution is 7.91. The summed E-state index contributed by atoms with van der Waals surface area (Å²) in [4.78, 5) is 0.181. The number of nitrogens with zero attached hydrogens (tertiary/aromatic N) is 4. The third-order valence-electron chi connectivity index (χ3n) is 4.19. The first kappa shape index (κ1) is 17.9. The Morgan fingerprint density at radius 3 is 2.25 bits per heavy atom. The zero-order chi connectivity index (χ0) is 19.6. The molecule has 2 aromatic carbocycles. The summed E-state index contributed by atoms with van der Waals surface area (Å²) < 4.78 is 32.2. The molecule has 0 unspecified atom stereocenters. The molecule has 4 rings (SSSR count). The molecule has 0 radical (unpaired) electrons. The maximum absolute atomic E-state index is 12.6. The van der Waals surface area contributed by atoms with E-state index in [1.165, 1.54) is 18.2 Å². The second-order valence-corrected chi connectivity index (χ2v) is 7.80. The van der Waals surface area contributed by atoms with Gasteiger partial charge < -0.3 is 4.74 Å². The minimum atomic E-state index is -3.70. The van der Waals surface area contributed by atoms with Crippen LogP contribution in [0.15, 0.2) is 88.9 Å². The van der Waals surface area contributed by atoms with Gasteiger partial charge in [0.1, 0.15) is 11.4 Å². The van der Waals surface area contributed by atoms with Gasteiger partial charge in [-0.3, -0.25) is 0 Å². The smallest absolute Gasteiger partial charge is 0.225 e. The summed E-state index contributed by atoms with van der Waals surface area (Å²) in [5, 5.41) is 12.3. The molecule has 0 fully saturated rings. The highest BCUT2D eigenvalue weighted by atomic mass is 32.2. The number of ether oxygens (including phenoxy) is 1. The van der Waals surface area contributed by atoms with Gasteiger partial charge in [-0.1, -0.05) is 18.2 Å². The van der Waals surface area contributed by atoms with Crippen LogP contribution >= 0.6 is 0 Å². The van der Waals surface area contributed by atoms with Crippen LogP contribution in [0.2, 0.25) is 0 Å². The van der Waals surface area contributed by atoms with Gasteiger partial charge in [-0.2, -0.15) is 5.10 Å². The number of methoxy groups -OCH3 is 1. The Labute approximate surface area is 162 Å². The van der Waals surface area contributed by atoms with Crippen LogP contribution in [0, 0.1) is 0 Å². The van der Waals surface area contributed by atoms with Crippen LogP contribution in [0.3, 0.4) is 0 Å². The first-order valence-corrected chi connectivity index (χ1v) is 9.90. The maximum atomic E-state index is 12.6. The summed E-state index contributed by atoms with van der Waals surface area (Å²) in [6, 6.07) is 20.4. The lowest BCUT2D eigenvalue weighted by Gasteiger charge is -2.08. The summed E-state index contributed by atoms with van der Waals surface area (Å²) in [5.41, 5.74) is 2.03. The van der Waals surface area contributed by atoms with E-state index in [-0.39, 0.29) is 9.92 Å². The number of rotatable bonds is 5. The maximum Gasteiger partial charge on any atom is 0.225 e. The molecule has 0 bridgehead atoms. The third kappa shape index (κ3) is 3.25. The Hall–Kier alpha value is -3.52. The number of hydrogen-bond acceptors (Lipinski definition) is 6. The van der Waals surface area contributed by atoms with Crippen molar-refractivity contribution in [3.8, 4) is 22.8 Å². The molecule has 2 aromatic heterocycles. The first-order valence-electron chi connectivity index (χ1n) is 8.42. The van der Waals surface area contributed by atoms with Crippen molar-refractivity contribution in [2.75, 3.05) is 7.11 Å². The van der Waals surface area contributed by atoms with E-state index >= 15 is 0 Å². The molecule has 0 saturated carbocycles. The molecule has 7 nitrogen and oxygen atoms in total. The molecule has 0 aliphatic carbocycles. The molecule has 0 amide bonds. The fraction of sp³-hybridized carbons (Fsp3) is 0.0500. The second-order valence-electron chi connectivity index (χ2n) is 5.90. The second kappa shape index (κ2) is 7.24. The molecule has 0 atom stereocenters. The molecular formula is C20H16N4O3S. The van der Waals surface area contributed by atoms with Gasteiger partial charge in [-0.15, -0.1) is 10.2 Å². The Kier molecular flexibility index (Phi) is 4.62. The van der Waals surface area contributed by atoms with Crippen molar-refractivity contribution in [2.45, 2.75) is 9.92 Å². The molecule has 4 aromatic rings. The molecule has 0 spiro atoms. The van der Waals surface area contributed by atoms with Crippen LogP contribution in [0.4, 0.5) is 0 Å². The highest BCUT2D eigenvalue weighted by Gasteiger charge is 2.20. The lowest BCUT2D eigenvalue weighted by Crippen LogP contribution is -2.06. The SMILES string of the molecule is COc1ccc(-n2nccc2-c2ccc(S(=O)(=O)c3ccccc3)nn2)cc1. The van der Waals surface area contributed by atoms with Gasteiger partial charge in [0.15, 0.2) is 5.03 Å². The summed E-state index contributed by atoms with van der Waals surface area (Å²) in [6.45, 7) is 0. The van der Waals surface area contributed by atoms with Crippen molar-refractivity contribution in [2.24, 2.45) is 0 Å². The Bertz CT molecular complexity index is 1190. The minimum absolute atomic E-state index is 0.0991. The fourth-order valence-corrected chi connectivity index (χ4v) is 3.90. The van der Waals surface area contributed by atoms with Crippen molar-refractivity contribution in [1.82, 2.24) is 20.0 Å². The molecule has 0 aliphatic heterocycles. The summed E-state index contributed by atoms with van der Waals surface area (Å²) in [7, 11) is -2.10. The molecule has 2 heterocycles. The van der Waals surface area contributed by atoms with Gasteiger partial charge >= 0.3 is 0 Å². The van der Waals surface area contributed by atoms with Crippen LogP contribution < -0.4 is 4.74 Å². The Balaban J connectivity index is 1.68. The molecule has 140 valence electrons. The number of aromatic nitrogens is 4. The number of hydrogen-bond donors (Lipinski definition) is 0. The van der Waals surface area contributed by atoms with Crippen LogP contribution in [0.1, 0.15) is 0 Å². The average Bonchev–Trinajstić information content (AvgIpc) is 3.24. The fourth-order valence-electron chi connectivity index (χ4n) is 2.75. The summed E-state index contributed by atoms with van der Waals surface area (Å²) in [5.74, 6) is 0.743. The zero-order valence-corrected chi connectivity index (χ0v) is 15.7. The van der Waals surface area contributed by atoms with Crippen molar-refractivity contribution < 1.29 is 13.2 Å². The molecule has 28 heavy (non-hydrogen) atoms. The van der Waals surface area contributed by atoms with E-state index in [9.17, 15) is 8.42 Å². The van der Waals surface area contributed by atoms with Gasteiger partial charge in [0, 0.05) is 0 Å². The lowest BCUT2D eigenvalue weighted by molar-refractivity contribution is 0.414. The predicted molar refractivity (Wildman–Crippen MR) is 103 cm³/mol. The zero-order valence-electron chi connectivity index (χ0n) is 14.9. The van der Waals surface area contributed by atoms with E-state index in [2.05, 4.69) is 15.3 Å². The quantitative estimate of drug-likeness (QED) is 0.518. The van der Waals surface area contributed by atoms with Crippen LogP contribution in [-0.2, 0) is 9.84 Å². The summed E-state index contributed by atoms with van der Waals surface area (Å²) >= 11 is 0. The predicted octanol–water partition coefficient (Wildman–Crippen LogP) is 3.17. The molecule has 0 aliphatic rings. The highest BCUT2D eigenvalue weighted by Crippen LogP contribution is 2.24. The number of benzene rings is 2. The van der Waals surface area contributed by atoms with E-state index < -0.39 is 9.84 Å². The van der Waals surface area contributed by atoms with Gasteiger partial charge in [-0.05, 0) is 54.6 Å². The van der Waals surface area contributed by atoms with Crippen molar-refractivity contribution in [3.63, 3.8) is 0 Å². The van der Waals surface area contributed by atoms with E-state index in [0.29, 0.717) is 11.4 Å². The molecule has 0 saturated heterocycles. The van der Waals surface area contributed by atoms with Crippen LogP contribution in [0.25, 0.3) is 17.1 Å². The van der Waals surface area contributed by atoms with E-state index in [1.54, 1.807) is 48.3 Å². The van der Waals surface area contributed by atoms with Crippen molar-refractivity contribution in [3.05, 3.63) is 79.0 Å². The number of sulfone groups is 1. The molecular weight excluding hydrogens is 376 g/mol. The monoisotopic (exact) mass is 392 g/mol. The van der Waals surface area contributed by atoms with Gasteiger partial charge in [0.2, 0.25) is 9.84 Å². The van der Waals surface area contributed by atoms with Gasteiger partial charge in [0.05, 0.1) is 29.6 Å². The van der Waals surface area contributed by atoms with Gasteiger partial charge in [-0.25, -0.2) is 13.1 Å². The van der Waals surface area contributed by atoms with E-state index in [0.717, 1.165) is 11.4 Å².